The summed E-state index contributed by atoms with van der Waals surface area (Å²) < 4.78 is 92.0. The maximum Gasteiger partial charge on any atom is 0.391 e. The van der Waals surface area contributed by atoms with Crippen LogP contribution in [0.3, 0.4) is 0 Å². The van der Waals surface area contributed by atoms with E-state index in [4.69, 9.17) is 0 Å². The molecular formula is C18H21F5N2O3S. The summed E-state index contributed by atoms with van der Waals surface area (Å²) in [6.07, 6.45) is -3.86. The summed E-state index contributed by atoms with van der Waals surface area (Å²) >= 11 is 0. The second-order valence-electron chi connectivity index (χ2n) is 7.41. The molecule has 29 heavy (non-hydrogen) atoms. The monoisotopic (exact) mass is 440 g/mol. The summed E-state index contributed by atoms with van der Waals surface area (Å²) in [5, 5.41) is 0. The quantitative estimate of drug-likeness (QED) is 0.679. The number of halogens is 5. The van der Waals surface area contributed by atoms with Crippen LogP contribution in [-0.2, 0) is 14.8 Å². The summed E-state index contributed by atoms with van der Waals surface area (Å²) in [6.45, 7) is -0.206. The number of carbonyl (C=O) groups excluding carboxylic acids is 1. The van der Waals surface area contributed by atoms with Gasteiger partial charge in [-0.3, -0.25) is 4.79 Å². The van der Waals surface area contributed by atoms with E-state index in [1.54, 1.807) is 0 Å². The molecule has 1 aliphatic heterocycles. The molecule has 1 aromatic carbocycles. The molecule has 1 saturated heterocycles. The lowest BCUT2D eigenvalue weighted by Crippen LogP contribution is -2.52. The summed E-state index contributed by atoms with van der Waals surface area (Å²) in [4.78, 5) is 13.4. The van der Waals surface area contributed by atoms with Crippen molar-refractivity contribution in [2.45, 2.75) is 36.8 Å². The summed E-state index contributed by atoms with van der Waals surface area (Å²) in [5.74, 6) is -4.73. The number of amides is 1. The van der Waals surface area contributed by atoms with Gasteiger partial charge in [-0.1, -0.05) is 6.42 Å². The van der Waals surface area contributed by atoms with Crippen LogP contribution in [0.15, 0.2) is 23.1 Å². The maximum atomic E-state index is 13.9. The number of benzene rings is 1. The number of piperazine rings is 1. The van der Waals surface area contributed by atoms with Crippen molar-refractivity contribution in [1.29, 1.82) is 0 Å². The lowest BCUT2D eigenvalue weighted by molar-refractivity contribution is -0.187. The molecule has 0 radical (unpaired) electrons. The molecule has 1 heterocycles. The molecule has 162 valence electrons. The van der Waals surface area contributed by atoms with E-state index in [0.29, 0.717) is 18.9 Å². The van der Waals surface area contributed by atoms with E-state index in [1.807, 2.05) is 0 Å². The molecule has 1 saturated carbocycles. The molecule has 11 heteroatoms. The maximum absolute atomic E-state index is 13.9. The third-order valence-electron chi connectivity index (χ3n) is 5.55. The summed E-state index contributed by atoms with van der Waals surface area (Å²) in [7, 11) is -4.21. The minimum absolute atomic E-state index is 0.00800. The lowest BCUT2D eigenvalue weighted by Gasteiger charge is -2.38. The van der Waals surface area contributed by atoms with Crippen LogP contribution in [0, 0.1) is 23.5 Å². The molecule has 2 aliphatic rings. The Hall–Kier alpha value is -1.75. The van der Waals surface area contributed by atoms with Crippen molar-refractivity contribution in [3.63, 3.8) is 0 Å². The van der Waals surface area contributed by atoms with Crippen LogP contribution >= 0.6 is 0 Å². The van der Waals surface area contributed by atoms with Gasteiger partial charge in [0.2, 0.25) is 15.9 Å². The molecule has 1 aromatic rings. The zero-order valence-corrected chi connectivity index (χ0v) is 16.3. The van der Waals surface area contributed by atoms with E-state index in [0.717, 1.165) is 16.4 Å². The van der Waals surface area contributed by atoms with Gasteiger partial charge in [-0.15, -0.1) is 0 Å². The Morgan fingerprint density at radius 2 is 1.69 bits per heavy atom. The Bertz CT molecular complexity index is 867. The largest absolute Gasteiger partial charge is 0.391 e. The van der Waals surface area contributed by atoms with E-state index in [9.17, 15) is 35.2 Å². The first kappa shape index (κ1) is 21.9. The van der Waals surface area contributed by atoms with Crippen molar-refractivity contribution in [2.75, 3.05) is 26.2 Å². The van der Waals surface area contributed by atoms with Gasteiger partial charge < -0.3 is 4.90 Å². The third-order valence-corrected chi connectivity index (χ3v) is 7.48. The van der Waals surface area contributed by atoms with Gasteiger partial charge in [0.15, 0.2) is 0 Å². The van der Waals surface area contributed by atoms with Crippen LogP contribution in [-0.4, -0.2) is 55.9 Å². The fourth-order valence-electron chi connectivity index (χ4n) is 3.94. The highest BCUT2D eigenvalue weighted by Gasteiger charge is 2.44. The normalized spacial score (nSPS) is 24.5. The Morgan fingerprint density at radius 3 is 2.28 bits per heavy atom. The predicted octanol–water partition coefficient (Wildman–Crippen LogP) is 3.17. The number of rotatable bonds is 3. The molecule has 1 amide bonds. The predicted molar refractivity (Wildman–Crippen MR) is 93.2 cm³/mol. The smallest absolute Gasteiger partial charge is 0.340 e. The molecule has 0 spiro atoms. The van der Waals surface area contributed by atoms with Crippen molar-refractivity contribution < 1.29 is 35.2 Å². The fourth-order valence-corrected chi connectivity index (χ4v) is 5.41. The molecule has 1 aliphatic carbocycles. The summed E-state index contributed by atoms with van der Waals surface area (Å²) in [6, 6.07) is 2.17. The van der Waals surface area contributed by atoms with Crippen LogP contribution in [0.2, 0.25) is 0 Å². The molecule has 5 nitrogen and oxygen atoms in total. The number of hydrogen-bond donors (Lipinski definition) is 0. The van der Waals surface area contributed by atoms with Gasteiger partial charge in [-0.25, -0.2) is 17.2 Å². The number of hydrogen-bond acceptors (Lipinski definition) is 3. The minimum Gasteiger partial charge on any atom is -0.340 e. The van der Waals surface area contributed by atoms with Gasteiger partial charge in [-0.05, 0) is 31.4 Å². The van der Waals surface area contributed by atoms with Crippen LogP contribution < -0.4 is 0 Å². The first-order valence-electron chi connectivity index (χ1n) is 9.31. The number of carbonyl (C=O) groups is 1. The first-order valence-corrected chi connectivity index (χ1v) is 10.7. The van der Waals surface area contributed by atoms with E-state index >= 15 is 0 Å². The lowest BCUT2D eigenvalue weighted by atomic mass is 9.80. The van der Waals surface area contributed by atoms with Gasteiger partial charge in [-0.2, -0.15) is 17.5 Å². The van der Waals surface area contributed by atoms with Crippen molar-refractivity contribution >= 4 is 15.9 Å². The molecule has 0 aromatic heterocycles. The Morgan fingerprint density at radius 1 is 1.03 bits per heavy atom. The highest BCUT2D eigenvalue weighted by atomic mass is 32.2. The molecule has 2 atom stereocenters. The van der Waals surface area contributed by atoms with E-state index < -0.39 is 50.5 Å². The van der Waals surface area contributed by atoms with Crippen LogP contribution in [0.1, 0.15) is 25.7 Å². The van der Waals surface area contributed by atoms with Crippen molar-refractivity contribution in [1.82, 2.24) is 9.21 Å². The zero-order chi connectivity index (χ0) is 21.4. The molecule has 2 fully saturated rings. The number of alkyl halides is 3. The van der Waals surface area contributed by atoms with E-state index in [-0.39, 0.29) is 39.0 Å². The number of nitrogens with zero attached hydrogens (tertiary/aromatic N) is 2. The minimum atomic E-state index is -4.33. The molecule has 0 bridgehead atoms. The SMILES string of the molecule is O=C(C1CCCC(C(F)(F)F)C1)N1CCN(S(=O)(=O)c2ccc(F)cc2F)CC1. The standard InChI is InChI=1S/C18H21F5N2O3S/c19-14-4-5-16(15(20)11-14)29(27,28)25-8-6-24(7-9-25)17(26)12-2-1-3-13(10-12)18(21,22)23/h4-5,11-13H,1-3,6-10H2. The average Bonchev–Trinajstić information content (AvgIpc) is 2.66. The van der Waals surface area contributed by atoms with Gasteiger partial charge in [0.1, 0.15) is 16.5 Å². The van der Waals surface area contributed by atoms with Gasteiger partial charge in [0, 0.05) is 38.2 Å². The fraction of sp³-hybridized carbons (Fsp3) is 0.611. The summed E-state index contributed by atoms with van der Waals surface area (Å²) in [5.41, 5.74) is 0. The van der Waals surface area contributed by atoms with Crippen LogP contribution in [0.25, 0.3) is 0 Å². The van der Waals surface area contributed by atoms with Crippen LogP contribution in [0.5, 0.6) is 0 Å². The van der Waals surface area contributed by atoms with E-state index in [1.165, 1.54) is 4.90 Å². The highest BCUT2D eigenvalue weighted by Crippen LogP contribution is 2.40. The van der Waals surface area contributed by atoms with Gasteiger partial charge >= 0.3 is 6.18 Å². The van der Waals surface area contributed by atoms with Crippen molar-refractivity contribution in [3.05, 3.63) is 29.8 Å². The Kier molecular flexibility index (Phi) is 6.19. The third kappa shape index (κ3) is 4.71. The van der Waals surface area contributed by atoms with Gasteiger partial charge in [0.25, 0.3) is 0 Å². The topological polar surface area (TPSA) is 57.7 Å². The molecule has 2 unspecified atom stereocenters. The second kappa shape index (κ2) is 8.17. The van der Waals surface area contributed by atoms with Crippen molar-refractivity contribution in [2.24, 2.45) is 11.8 Å². The van der Waals surface area contributed by atoms with Gasteiger partial charge in [0.05, 0.1) is 5.92 Å². The Labute approximate surface area is 165 Å². The first-order chi connectivity index (χ1) is 13.5. The molecule has 3 rings (SSSR count). The Balaban J connectivity index is 1.63. The average molecular weight is 440 g/mol. The number of sulfonamides is 1. The molecular weight excluding hydrogens is 419 g/mol. The highest BCUT2D eigenvalue weighted by molar-refractivity contribution is 7.89. The molecule has 0 N–H and O–H groups in total. The van der Waals surface area contributed by atoms with Crippen LogP contribution in [0.4, 0.5) is 22.0 Å². The second-order valence-corrected chi connectivity index (χ2v) is 9.31. The zero-order valence-electron chi connectivity index (χ0n) is 15.5. The van der Waals surface area contributed by atoms with E-state index in [2.05, 4.69) is 0 Å². The van der Waals surface area contributed by atoms with Crippen molar-refractivity contribution in [3.8, 4) is 0 Å².